The smallest absolute Gasteiger partial charge is 0.251 e. The number of carbonyl (C=O) groups is 1. The third-order valence-corrected chi connectivity index (χ3v) is 6.17. The molecule has 3 rings (SSSR count). The van der Waals surface area contributed by atoms with Crippen molar-refractivity contribution in [2.45, 2.75) is 44.4 Å². The van der Waals surface area contributed by atoms with Gasteiger partial charge in [0.25, 0.3) is 5.91 Å². The van der Waals surface area contributed by atoms with Crippen molar-refractivity contribution in [1.82, 2.24) is 5.32 Å². The van der Waals surface area contributed by atoms with E-state index in [0.717, 1.165) is 24.8 Å². The maximum absolute atomic E-state index is 12.5. The number of aliphatic hydroxyl groups excluding tert-OH is 1. The van der Waals surface area contributed by atoms with Gasteiger partial charge in [-0.05, 0) is 42.7 Å². The molecule has 0 aromatic heterocycles. The van der Waals surface area contributed by atoms with Crippen LogP contribution in [0.25, 0.3) is 0 Å². The second-order valence-electron chi connectivity index (χ2n) is 7.23. The van der Waals surface area contributed by atoms with Crippen molar-refractivity contribution in [2.24, 2.45) is 0 Å². The highest BCUT2D eigenvalue weighted by Crippen LogP contribution is 2.22. The number of carbonyl (C=O) groups excluding carboxylic acids is 1. The third kappa shape index (κ3) is 5.11. The largest absolute Gasteiger partial charge is 0.391 e. The number of hydrogen-bond donors (Lipinski definition) is 2. The molecule has 6 nitrogen and oxygen atoms in total. The van der Waals surface area contributed by atoms with E-state index in [0.29, 0.717) is 17.7 Å². The van der Waals surface area contributed by atoms with Gasteiger partial charge >= 0.3 is 0 Å². The molecular weight excluding hydrogens is 376 g/mol. The Balaban J connectivity index is 1.74. The van der Waals surface area contributed by atoms with Crippen molar-refractivity contribution in [2.75, 3.05) is 10.6 Å². The first-order valence-corrected chi connectivity index (χ1v) is 11.3. The summed E-state index contributed by atoms with van der Waals surface area (Å²) in [4.78, 5) is 12.5. The molecule has 1 amide bonds. The first kappa shape index (κ1) is 20.4. The zero-order chi connectivity index (χ0) is 20.1. The Hall–Kier alpha value is -2.38. The summed E-state index contributed by atoms with van der Waals surface area (Å²) in [6, 6.07) is 15.6. The molecule has 0 unspecified atom stereocenters. The summed E-state index contributed by atoms with van der Waals surface area (Å²) in [6.07, 6.45) is 4.09. The summed E-state index contributed by atoms with van der Waals surface area (Å²) in [6.45, 7) is 0.222. The molecule has 0 heterocycles. The van der Waals surface area contributed by atoms with Gasteiger partial charge in [0.2, 0.25) is 10.0 Å². The zero-order valence-electron chi connectivity index (χ0n) is 15.9. The maximum atomic E-state index is 12.5. The topological polar surface area (TPSA) is 86.7 Å². The third-order valence-electron chi connectivity index (χ3n) is 5.03. The lowest BCUT2D eigenvalue weighted by Gasteiger charge is -2.28. The predicted octanol–water partition coefficient (Wildman–Crippen LogP) is 2.69. The van der Waals surface area contributed by atoms with Gasteiger partial charge in [-0.3, -0.25) is 9.10 Å². The Bertz CT molecular complexity index is 898. The second-order valence-corrected chi connectivity index (χ2v) is 9.14. The molecule has 1 aliphatic carbocycles. The van der Waals surface area contributed by atoms with E-state index in [1.165, 1.54) is 10.6 Å². The van der Waals surface area contributed by atoms with Crippen molar-refractivity contribution >= 4 is 21.6 Å². The van der Waals surface area contributed by atoms with Crippen LogP contribution in [0.3, 0.4) is 0 Å². The standard InChI is InChI=1S/C21H26N2O4S/c1-28(26,27)23(15-16-7-3-2-4-8-16)18-13-11-17(12-14-18)21(25)22-19-9-5-6-10-20(19)24/h2-4,7-8,11-14,19-20,24H,5-6,9-10,15H2,1H3,(H,22,25)/t19-,20+/m0/s1. The minimum absolute atomic E-state index is 0.222. The normalized spacial score (nSPS) is 19.8. The molecule has 2 aromatic rings. The Morgan fingerprint density at radius 3 is 2.32 bits per heavy atom. The average molecular weight is 403 g/mol. The first-order valence-electron chi connectivity index (χ1n) is 9.45. The molecule has 2 atom stereocenters. The van der Waals surface area contributed by atoms with Gasteiger partial charge in [0.05, 0.1) is 30.6 Å². The number of aliphatic hydroxyl groups is 1. The minimum atomic E-state index is -3.48. The molecule has 7 heteroatoms. The van der Waals surface area contributed by atoms with E-state index in [1.54, 1.807) is 24.3 Å². The minimum Gasteiger partial charge on any atom is -0.391 e. The van der Waals surface area contributed by atoms with Crippen LogP contribution in [0.15, 0.2) is 54.6 Å². The van der Waals surface area contributed by atoms with Crippen LogP contribution < -0.4 is 9.62 Å². The Labute approximate surface area is 166 Å². The van der Waals surface area contributed by atoms with E-state index in [4.69, 9.17) is 0 Å². The molecule has 0 bridgehead atoms. The van der Waals surface area contributed by atoms with Crippen molar-refractivity contribution in [3.63, 3.8) is 0 Å². The highest BCUT2D eigenvalue weighted by molar-refractivity contribution is 7.92. The number of nitrogens with zero attached hydrogens (tertiary/aromatic N) is 1. The van der Waals surface area contributed by atoms with Crippen molar-refractivity contribution in [3.8, 4) is 0 Å². The molecular formula is C21H26N2O4S. The molecule has 28 heavy (non-hydrogen) atoms. The van der Waals surface area contributed by atoms with Gasteiger partial charge in [-0.15, -0.1) is 0 Å². The lowest BCUT2D eigenvalue weighted by Crippen LogP contribution is -2.45. The summed E-state index contributed by atoms with van der Waals surface area (Å²) in [5.41, 5.74) is 1.82. The molecule has 1 fully saturated rings. The molecule has 0 radical (unpaired) electrons. The molecule has 1 saturated carbocycles. The number of anilines is 1. The van der Waals surface area contributed by atoms with E-state index < -0.39 is 16.1 Å². The Morgan fingerprint density at radius 1 is 1.07 bits per heavy atom. The summed E-state index contributed by atoms with van der Waals surface area (Å²) in [5, 5.41) is 12.9. The van der Waals surface area contributed by atoms with Crippen LogP contribution in [0, 0.1) is 0 Å². The van der Waals surface area contributed by atoms with Gasteiger partial charge in [-0.1, -0.05) is 43.2 Å². The van der Waals surface area contributed by atoms with Crippen LogP contribution in [0.4, 0.5) is 5.69 Å². The van der Waals surface area contributed by atoms with Gasteiger partial charge in [0.15, 0.2) is 0 Å². The van der Waals surface area contributed by atoms with Crippen LogP contribution in [-0.4, -0.2) is 37.8 Å². The summed E-state index contributed by atoms with van der Waals surface area (Å²) in [5.74, 6) is -0.258. The van der Waals surface area contributed by atoms with Crippen molar-refractivity contribution in [1.29, 1.82) is 0 Å². The van der Waals surface area contributed by atoms with E-state index >= 15 is 0 Å². The van der Waals surface area contributed by atoms with Crippen molar-refractivity contribution in [3.05, 3.63) is 65.7 Å². The number of amides is 1. The van der Waals surface area contributed by atoms with Gasteiger partial charge < -0.3 is 10.4 Å². The van der Waals surface area contributed by atoms with Crippen LogP contribution in [0.1, 0.15) is 41.6 Å². The monoisotopic (exact) mass is 402 g/mol. The zero-order valence-corrected chi connectivity index (χ0v) is 16.7. The molecule has 1 aliphatic rings. The number of nitrogens with one attached hydrogen (secondary N) is 1. The van der Waals surface area contributed by atoms with E-state index in [-0.39, 0.29) is 18.5 Å². The molecule has 150 valence electrons. The molecule has 2 N–H and O–H groups in total. The molecule has 2 aromatic carbocycles. The first-order chi connectivity index (χ1) is 13.3. The average Bonchev–Trinajstić information content (AvgIpc) is 2.68. The van der Waals surface area contributed by atoms with E-state index in [9.17, 15) is 18.3 Å². The fourth-order valence-corrected chi connectivity index (χ4v) is 4.35. The Morgan fingerprint density at radius 2 is 1.71 bits per heavy atom. The molecule has 0 saturated heterocycles. The van der Waals surface area contributed by atoms with Crippen LogP contribution in [0.2, 0.25) is 0 Å². The highest BCUT2D eigenvalue weighted by atomic mass is 32.2. The molecule has 0 aliphatic heterocycles. The number of benzene rings is 2. The van der Waals surface area contributed by atoms with Gasteiger partial charge in [-0.2, -0.15) is 0 Å². The van der Waals surface area contributed by atoms with Gasteiger partial charge in [0.1, 0.15) is 0 Å². The van der Waals surface area contributed by atoms with Crippen molar-refractivity contribution < 1.29 is 18.3 Å². The predicted molar refractivity (Wildman–Crippen MR) is 110 cm³/mol. The lowest BCUT2D eigenvalue weighted by molar-refractivity contribution is 0.0717. The Kier molecular flexibility index (Phi) is 6.36. The fraction of sp³-hybridized carbons (Fsp3) is 0.381. The van der Waals surface area contributed by atoms with Gasteiger partial charge in [-0.25, -0.2) is 8.42 Å². The fourth-order valence-electron chi connectivity index (χ4n) is 3.46. The number of hydrogen-bond acceptors (Lipinski definition) is 4. The molecule has 0 spiro atoms. The SMILES string of the molecule is CS(=O)(=O)N(Cc1ccccc1)c1ccc(C(=O)N[C@H]2CCCC[C@H]2O)cc1. The van der Waals surface area contributed by atoms with Crippen LogP contribution in [0.5, 0.6) is 0 Å². The highest BCUT2D eigenvalue weighted by Gasteiger charge is 2.25. The summed E-state index contributed by atoms with van der Waals surface area (Å²) >= 11 is 0. The van der Waals surface area contributed by atoms with E-state index in [1.807, 2.05) is 30.3 Å². The number of sulfonamides is 1. The van der Waals surface area contributed by atoms with E-state index in [2.05, 4.69) is 5.32 Å². The lowest BCUT2D eigenvalue weighted by atomic mass is 9.92. The quantitative estimate of drug-likeness (QED) is 0.778. The summed E-state index contributed by atoms with van der Waals surface area (Å²) in [7, 11) is -3.48. The van der Waals surface area contributed by atoms with Crippen LogP contribution >= 0.6 is 0 Å². The second kappa shape index (κ2) is 8.75. The van der Waals surface area contributed by atoms with Gasteiger partial charge in [0, 0.05) is 5.56 Å². The maximum Gasteiger partial charge on any atom is 0.251 e. The summed E-state index contributed by atoms with van der Waals surface area (Å²) < 4.78 is 25.9. The number of rotatable bonds is 6. The van der Waals surface area contributed by atoms with Crippen LogP contribution in [-0.2, 0) is 16.6 Å².